The lowest BCUT2D eigenvalue weighted by atomic mass is 10.2. The highest BCUT2D eigenvalue weighted by Gasteiger charge is 2.11. The molecule has 3 N–H and O–H groups in total. The summed E-state index contributed by atoms with van der Waals surface area (Å²) in [6.07, 6.45) is 0. The van der Waals surface area contributed by atoms with Crippen LogP contribution in [0.15, 0.2) is 40.9 Å². The summed E-state index contributed by atoms with van der Waals surface area (Å²) in [5, 5.41) is 32.3. The van der Waals surface area contributed by atoms with Gasteiger partial charge in [-0.15, -0.1) is 0 Å². The average Bonchev–Trinajstić information content (AvgIpc) is 2.40. The average molecular weight is 339 g/mol. The van der Waals surface area contributed by atoms with Gasteiger partial charge in [0, 0.05) is 18.3 Å². The van der Waals surface area contributed by atoms with Crippen molar-refractivity contribution in [2.45, 2.75) is 6.54 Å². The molecule has 2 rings (SSSR count). The van der Waals surface area contributed by atoms with Gasteiger partial charge >= 0.3 is 0 Å². The summed E-state index contributed by atoms with van der Waals surface area (Å²) in [6.45, 7) is 0.415. The van der Waals surface area contributed by atoms with Crippen molar-refractivity contribution in [2.24, 2.45) is 0 Å². The number of nitro benzene ring substituents is 1. The van der Waals surface area contributed by atoms with Crippen LogP contribution in [0.5, 0.6) is 11.5 Å². The minimum atomic E-state index is -0.466. The van der Waals surface area contributed by atoms with Gasteiger partial charge in [0.1, 0.15) is 0 Å². The molecule has 0 saturated heterocycles. The quantitative estimate of drug-likeness (QED) is 0.451. The third kappa shape index (κ3) is 3.18. The van der Waals surface area contributed by atoms with Gasteiger partial charge in [-0.1, -0.05) is 6.07 Å². The molecule has 0 saturated carbocycles. The number of nitro groups is 1. The van der Waals surface area contributed by atoms with Crippen molar-refractivity contribution >= 4 is 27.3 Å². The summed E-state index contributed by atoms with van der Waals surface area (Å²) in [5.41, 5.74) is 1.47. The number of nitrogens with zero attached hydrogens (tertiary/aromatic N) is 1. The maximum Gasteiger partial charge on any atom is 0.283 e. The first-order valence-corrected chi connectivity index (χ1v) is 6.45. The van der Waals surface area contributed by atoms with Crippen LogP contribution in [0.1, 0.15) is 5.56 Å². The maximum absolute atomic E-state index is 10.7. The third-order valence-electron chi connectivity index (χ3n) is 2.68. The molecule has 104 valence electrons. The number of rotatable bonds is 4. The van der Waals surface area contributed by atoms with E-state index in [9.17, 15) is 20.3 Å². The molecule has 0 atom stereocenters. The Morgan fingerprint density at radius 3 is 2.50 bits per heavy atom. The number of phenolic OH excluding ortho intramolecular Hbond substituents is 2. The number of nitrogens with one attached hydrogen (secondary N) is 1. The number of halogens is 1. The predicted molar refractivity (Wildman–Crippen MR) is 77.9 cm³/mol. The standard InChI is InChI=1S/C13H11BrN2O4/c14-10-6-9(2-3-11(10)16(19)20)15-7-8-1-4-12(17)13(18)5-8/h1-6,15,17-18H,7H2. The highest BCUT2D eigenvalue weighted by Crippen LogP contribution is 2.28. The Bertz CT molecular complexity index is 661. The van der Waals surface area contributed by atoms with Crippen LogP contribution in [0.3, 0.4) is 0 Å². The summed E-state index contributed by atoms with van der Waals surface area (Å²) >= 11 is 3.14. The summed E-state index contributed by atoms with van der Waals surface area (Å²) < 4.78 is 0.390. The Labute approximate surface area is 123 Å². The molecule has 2 aromatic carbocycles. The van der Waals surface area contributed by atoms with Gasteiger partial charge in [-0.3, -0.25) is 10.1 Å². The van der Waals surface area contributed by atoms with Crippen molar-refractivity contribution in [2.75, 3.05) is 5.32 Å². The predicted octanol–water partition coefficient (Wildman–Crippen LogP) is 3.38. The van der Waals surface area contributed by atoms with E-state index in [1.54, 1.807) is 18.2 Å². The molecule has 20 heavy (non-hydrogen) atoms. The minimum absolute atomic E-state index is 0.00201. The number of hydrogen-bond donors (Lipinski definition) is 3. The second-order valence-corrected chi connectivity index (χ2v) is 4.95. The van der Waals surface area contributed by atoms with Crippen molar-refractivity contribution in [1.82, 2.24) is 0 Å². The Hall–Kier alpha value is -2.28. The summed E-state index contributed by atoms with van der Waals surface area (Å²) in [6, 6.07) is 9.13. The number of phenols is 2. The Morgan fingerprint density at radius 2 is 1.90 bits per heavy atom. The van der Waals surface area contributed by atoms with E-state index >= 15 is 0 Å². The van der Waals surface area contributed by atoms with Gasteiger partial charge in [0.05, 0.1) is 9.40 Å². The lowest BCUT2D eigenvalue weighted by Crippen LogP contribution is -1.99. The number of benzene rings is 2. The van der Waals surface area contributed by atoms with Crippen molar-refractivity contribution in [1.29, 1.82) is 0 Å². The molecular weight excluding hydrogens is 328 g/mol. The Morgan fingerprint density at radius 1 is 1.15 bits per heavy atom. The second kappa shape index (κ2) is 5.79. The molecule has 0 unspecified atom stereocenters. The van der Waals surface area contributed by atoms with E-state index in [4.69, 9.17) is 0 Å². The van der Waals surface area contributed by atoms with Crippen molar-refractivity contribution in [3.8, 4) is 11.5 Å². The molecule has 0 spiro atoms. The molecule has 0 aromatic heterocycles. The topological polar surface area (TPSA) is 95.6 Å². The van der Waals surface area contributed by atoms with Gasteiger partial charge in [-0.05, 0) is 45.8 Å². The van der Waals surface area contributed by atoms with Crippen LogP contribution in [-0.4, -0.2) is 15.1 Å². The van der Waals surface area contributed by atoms with Crippen molar-refractivity contribution < 1.29 is 15.1 Å². The van der Waals surface area contributed by atoms with Crippen LogP contribution in [0.2, 0.25) is 0 Å². The molecule has 7 heteroatoms. The zero-order valence-corrected chi connectivity index (χ0v) is 11.8. The smallest absolute Gasteiger partial charge is 0.283 e. The van der Waals surface area contributed by atoms with Crippen LogP contribution in [0, 0.1) is 10.1 Å². The number of anilines is 1. The van der Waals surface area contributed by atoms with Gasteiger partial charge in [-0.25, -0.2) is 0 Å². The summed E-state index contributed by atoms with van der Waals surface area (Å²) in [5.74, 6) is -0.360. The highest BCUT2D eigenvalue weighted by molar-refractivity contribution is 9.10. The summed E-state index contributed by atoms with van der Waals surface area (Å²) in [4.78, 5) is 10.2. The van der Waals surface area contributed by atoms with Gasteiger partial charge in [0.15, 0.2) is 11.5 Å². The van der Waals surface area contributed by atoms with E-state index < -0.39 is 4.92 Å². The van der Waals surface area contributed by atoms with E-state index in [-0.39, 0.29) is 17.2 Å². The first-order chi connectivity index (χ1) is 9.47. The number of hydrogen-bond acceptors (Lipinski definition) is 5. The van der Waals surface area contributed by atoms with Crippen LogP contribution in [-0.2, 0) is 6.54 Å². The van der Waals surface area contributed by atoms with Gasteiger partial charge in [0.25, 0.3) is 5.69 Å². The molecular formula is C13H11BrN2O4. The van der Waals surface area contributed by atoms with Crippen molar-refractivity contribution in [3.63, 3.8) is 0 Å². The minimum Gasteiger partial charge on any atom is -0.504 e. The fourth-order valence-electron chi connectivity index (χ4n) is 1.65. The van der Waals surface area contributed by atoms with E-state index in [1.165, 1.54) is 18.2 Å². The van der Waals surface area contributed by atoms with Crippen LogP contribution < -0.4 is 5.32 Å². The fraction of sp³-hybridized carbons (Fsp3) is 0.0769. The van der Waals surface area contributed by atoms with Crippen LogP contribution >= 0.6 is 15.9 Å². The third-order valence-corrected chi connectivity index (χ3v) is 3.32. The van der Waals surface area contributed by atoms with E-state index in [0.717, 1.165) is 5.56 Å². The van der Waals surface area contributed by atoms with E-state index in [0.29, 0.717) is 16.7 Å². The van der Waals surface area contributed by atoms with Gasteiger partial charge < -0.3 is 15.5 Å². The van der Waals surface area contributed by atoms with E-state index in [2.05, 4.69) is 21.2 Å². The molecule has 0 bridgehead atoms. The summed E-state index contributed by atoms with van der Waals surface area (Å²) in [7, 11) is 0. The molecule has 0 aliphatic carbocycles. The normalized spacial score (nSPS) is 10.2. The van der Waals surface area contributed by atoms with Gasteiger partial charge in [0.2, 0.25) is 0 Å². The maximum atomic E-state index is 10.7. The highest BCUT2D eigenvalue weighted by atomic mass is 79.9. The fourth-order valence-corrected chi connectivity index (χ4v) is 2.17. The van der Waals surface area contributed by atoms with Crippen LogP contribution in [0.25, 0.3) is 0 Å². The molecule has 0 heterocycles. The monoisotopic (exact) mass is 338 g/mol. The molecule has 0 radical (unpaired) electrons. The van der Waals surface area contributed by atoms with E-state index in [1.807, 2.05) is 0 Å². The SMILES string of the molecule is O=[N+]([O-])c1ccc(NCc2ccc(O)c(O)c2)cc1Br. The molecule has 0 aliphatic heterocycles. The molecule has 0 fully saturated rings. The first-order valence-electron chi connectivity index (χ1n) is 5.66. The largest absolute Gasteiger partial charge is 0.504 e. The number of aromatic hydroxyl groups is 2. The molecule has 0 aliphatic rings. The molecule has 6 nitrogen and oxygen atoms in total. The molecule has 0 amide bonds. The first kappa shape index (κ1) is 14.1. The van der Waals surface area contributed by atoms with Crippen LogP contribution in [0.4, 0.5) is 11.4 Å². The van der Waals surface area contributed by atoms with Crippen molar-refractivity contribution in [3.05, 3.63) is 56.5 Å². The second-order valence-electron chi connectivity index (χ2n) is 4.10. The lowest BCUT2D eigenvalue weighted by Gasteiger charge is -2.08. The molecule has 2 aromatic rings. The zero-order valence-electron chi connectivity index (χ0n) is 10.2. The Balaban J connectivity index is 2.09. The lowest BCUT2D eigenvalue weighted by molar-refractivity contribution is -0.385. The van der Waals surface area contributed by atoms with Gasteiger partial charge in [-0.2, -0.15) is 0 Å². The Kier molecular flexibility index (Phi) is 4.09. The zero-order chi connectivity index (χ0) is 14.7.